The predicted octanol–water partition coefficient (Wildman–Crippen LogP) is 3.39. The summed E-state index contributed by atoms with van der Waals surface area (Å²) >= 11 is 3.38. The molecule has 0 fully saturated rings. The average Bonchev–Trinajstić information content (AvgIpc) is 2.19. The zero-order valence-corrected chi connectivity index (χ0v) is 11.0. The van der Waals surface area contributed by atoms with E-state index >= 15 is 0 Å². The lowest BCUT2D eigenvalue weighted by molar-refractivity contribution is -0.137. The summed E-state index contributed by atoms with van der Waals surface area (Å²) in [6.45, 7) is 3.84. The molecule has 0 saturated carbocycles. The normalized spacial score (nSPS) is 12.2. The van der Waals surface area contributed by atoms with Crippen molar-refractivity contribution < 1.29 is 14.6 Å². The van der Waals surface area contributed by atoms with Gasteiger partial charge in [0.15, 0.2) is 0 Å². The smallest absolute Gasteiger partial charge is 0.303 e. The van der Waals surface area contributed by atoms with E-state index in [2.05, 4.69) is 15.9 Å². The molecule has 0 aliphatic heterocycles. The zero-order chi connectivity index (χ0) is 12.1. The Kier molecular flexibility index (Phi) is 4.80. The maximum Gasteiger partial charge on any atom is 0.303 e. The monoisotopic (exact) mass is 286 g/mol. The first kappa shape index (κ1) is 13.0. The molecule has 1 aromatic carbocycles. The molecule has 0 radical (unpaired) electrons. The molecular formula is C12H15BrO3. The predicted molar refractivity (Wildman–Crippen MR) is 65.8 cm³/mol. The Morgan fingerprint density at radius 2 is 2.25 bits per heavy atom. The molecule has 1 rings (SSSR count). The summed E-state index contributed by atoms with van der Waals surface area (Å²) in [5, 5.41) is 8.56. The molecule has 4 heteroatoms. The van der Waals surface area contributed by atoms with E-state index in [1.165, 1.54) is 0 Å². The van der Waals surface area contributed by atoms with E-state index < -0.39 is 5.97 Å². The summed E-state index contributed by atoms with van der Waals surface area (Å²) in [5.41, 5.74) is 1.04. The summed E-state index contributed by atoms with van der Waals surface area (Å²) in [7, 11) is 0. The molecule has 0 aromatic heterocycles. The van der Waals surface area contributed by atoms with Crippen molar-refractivity contribution in [2.75, 3.05) is 0 Å². The molecule has 0 spiro atoms. The number of halogens is 1. The lowest BCUT2D eigenvalue weighted by Crippen LogP contribution is -2.14. The second-order valence-corrected chi connectivity index (χ2v) is 4.69. The van der Waals surface area contributed by atoms with Crippen LogP contribution in [0.4, 0.5) is 0 Å². The number of carboxylic acids is 1. The molecule has 0 heterocycles. The maximum absolute atomic E-state index is 10.4. The van der Waals surface area contributed by atoms with Crippen LogP contribution >= 0.6 is 15.9 Å². The van der Waals surface area contributed by atoms with Crippen LogP contribution in [0.1, 0.15) is 25.3 Å². The number of rotatable bonds is 5. The molecule has 0 amide bonds. The second-order valence-electron chi connectivity index (χ2n) is 3.77. The van der Waals surface area contributed by atoms with E-state index in [-0.39, 0.29) is 12.5 Å². The lowest BCUT2D eigenvalue weighted by atomic mass is 10.2. The van der Waals surface area contributed by atoms with Gasteiger partial charge in [0.1, 0.15) is 5.75 Å². The van der Waals surface area contributed by atoms with Crippen molar-refractivity contribution in [3.05, 3.63) is 28.2 Å². The average molecular weight is 287 g/mol. The molecule has 16 heavy (non-hydrogen) atoms. The number of aryl methyl sites for hydroxylation is 1. The fourth-order valence-electron chi connectivity index (χ4n) is 1.35. The molecule has 1 N–H and O–H groups in total. The topological polar surface area (TPSA) is 46.5 Å². The standard InChI is InChI=1S/C12H15BrO3/c1-8-7-10(13)4-5-11(8)16-9(2)3-6-12(14)15/h4-5,7,9H,3,6H2,1-2H3,(H,14,15). The number of ether oxygens (including phenoxy) is 1. The molecule has 1 atom stereocenters. The summed E-state index contributed by atoms with van der Waals surface area (Å²) in [4.78, 5) is 10.4. The largest absolute Gasteiger partial charge is 0.490 e. The van der Waals surface area contributed by atoms with Gasteiger partial charge in [-0.25, -0.2) is 0 Å². The summed E-state index contributed by atoms with van der Waals surface area (Å²) in [5.74, 6) is 0.0177. The minimum Gasteiger partial charge on any atom is -0.490 e. The number of aliphatic carboxylic acids is 1. The van der Waals surface area contributed by atoms with Gasteiger partial charge in [-0.05, 0) is 44.0 Å². The third-order valence-corrected chi connectivity index (χ3v) is 2.72. The molecule has 0 aliphatic rings. The van der Waals surface area contributed by atoms with Gasteiger partial charge >= 0.3 is 5.97 Å². The highest BCUT2D eigenvalue weighted by molar-refractivity contribution is 9.10. The van der Waals surface area contributed by atoms with Crippen molar-refractivity contribution >= 4 is 21.9 Å². The van der Waals surface area contributed by atoms with E-state index in [1.54, 1.807) is 0 Å². The van der Waals surface area contributed by atoms with Crippen LogP contribution in [0, 0.1) is 6.92 Å². The van der Waals surface area contributed by atoms with E-state index in [0.717, 1.165) is 15.8 Å². The number of benzene rings is 1. The first-order valence-electron chi connectivity index (χ1n) is 5.13. The first-order valence-corrected chi connectivity index (χ1v) is 5.93. The van der Waals surface area contributed by atoms with Crippen LogP contribution in [0.25, 0.3) is 0 Å². The van der Waals surface area contributed by atoms with Gasteiger partial charge < -0.3 is 9.84 Å². The van der Waals surface area contributed by atoms with Crippen molar-refractivity contribution in [2.24, 2.45) is 0 Å². The molecule has 3 nitrogen and oxygen atoms in total. The van der Waals surface area contributed by atoms with Crippen LogP contribution in [0.5, 0.6) is 5.75 Å². The second kappa shape index (κ2) is 5.89. The van der Waals surface area contributed by atoms with Crippen LogP contribution in [0.2, 0.25) is 0 Å². The third-order valence-electron chi connectivity index (χ3n) is 2.23. The fourth-order valence-corrected chi connectivity index (χ4v) is 1.82. The first-order chi connectivity index (χ1) is 7.49. The summed E-state index contributed by atoms with van der Waals surface area (Å²) < 4.78 is 6.68. The van der Waals surface area contributed by atoms with Gasteiger partial charge in [0, 0.05) is 10.9 Å². The van der Waals surface area contributed by atoms with Gasteiger partial charge in [-0.3, -0.25) is 4.79 Å². The van der Waals surface area contributed by atoms with E-state index in [0.29, 0.717) is 6.42 Å². The summed E-state index contributed by atoms with van der Waals surface area (Å²) in [6, 6.07) is 5.77. The Morgan fingerprint density at radius 1 is 1.56 bits per heavy atom. The Bertz CT molecular complexity index is 377. The fraction of sp³-hybridized carbons (Fsp3) is 0.417. The van der Waals surface area contributed by atoms with Crippen LogP contribution in [0.15, 0.2) is 22.7 Å². The van der Waals surface area contributed by atoms with Gasteiger partial charge in [0.05, 0.1) is 6.10 Å². The molecule has 1 aromatic rings. The Balaban J connectivity index is 2.55. The Labute approximate surface area is 104 Å². The highest BCUT2D eigenvalue weighted by atomic mass is 79.9. The van der Waals surface area contributed by atoms with Gasteiger partial charge in [0.25, 0.3) is 0 Å². The minimum atomic E-state index is -0.789. The minimum absolute atomic E-state index is 0.0871. The Hall–Kier alpha value is -1.03. The van der Waals surface area contributed by atoms with E-state index in [4.69, 9.17) is 9.84 Å². The van der Waals surface area contributed by atoms with Crippen molar-refractivity contribution in [1.29, 1.82) is 0 Å². The third kappa shape index (κ3) is 4.23. The number of hydrogen-bond acceptors (Lipinski definition) is 2. The zero-order valence-electron chi connectivity index (χ0n) is 9.37. The van der Waals surface area contributed by atoms with Gasteiger partial charge in [-0.15, -0.1) is 0 Å². The molecule has 1 unspecified atom stereocenters. The maximum atomic E-state index is 10.4. The van der Waals surface area contributed by atoms with Crippen LogP contribution in [-0.2, 0) is 4.79 Å². The van der Waals surface area contributed by atoms with Gasteiger partial charge in [-0.2, -0.15) is 0 Å². The van der Waals surface area contributed by atoms with Crippen molar-refractivity contribution in [3.8, 4) is 5.75 Å². The SMILES string of the molecule is Cc1cc(Br)ccc1OC(C)CCC(=O)O. The number of hydrogen-bond donors (Lipinski definition) is 1. The van der Waals surface area contributed by atoms with Crippen LogP contribution in [-0.4, -0.2) is 17.2 Å². The number of carbonyl (C=O) groups is 1. The quantitative estimate of drug-likeness (QED) is 0.903. The van der Waals surface area contributed by atoms with E-state index in [1.807, 2.05) is 32.0 Å². The van der Waals surface area contributed by atoms with Crippen molar-refractivity contribution in [1.82, 2.24) is 0 Å². The lowest BCUT2D eigenvalue weighted by Gasteiger charge is -2.15. The number of carboxylic acid groups (broad SMARTS) is 1. The molecule has 88 valence electrons. The molecule has 0 aliphatic carbocycles. The van der Waals surface area contributed by atoms with Crippen LogP contribution in [0.3, 0.4) is 0 Å². The molecular weight excluding hydrogens is 272 g/mol. The van der Waals surface area contributed by atoms with Crippen LogP contribution < -0.4 is 4.74 Å². The van der Waals surface area contributed by atoms with E-state index in [9.17, 15) is 4.79 Å². The molecule has 0 saturated heterocycles. The van der Waals surface area contributed by atoms with Crippen molar-refractivity contribution in [3.63, 3.8) is 0 Å². The highest BCUT2D eigenvalue weighted by Crippen LogP contribution is 2.23. The highest BCUT2D eigenvalue weighted by Gasteiger charge is 2.08. The van der Waals surface area contributed by atoms with Gasteiger partial charge in [-0.1, -0.05) is 15.9 Å². The Morgan fingerprint density at radius 3 is 2.81 bits per heavy atom. The summed E-state index contributed by atoms with van der Waals surface area (Å²) in [6.07, 6.45) is 0.567. The van der Waals surface area contributed by atoms with Crippen molar-refractivity contribution in [2.45, 2.75) is 32.8 Å². The van der Waals surface area contributed by atoms with Gasteiger partial charge in [0.2, 0.25) is 0 Å². The molecule has 0 bridgehead atoms.